The Kier molecular flexibility index (Phi) is 5.73. The van der Waals surface area contributed by atoms with Gasteiger partial charge in [0.25, 0.3) is 0 Å². The van der Waals surface area contributed by atoms with E-state index >= 15 is 4.39 Å². The molecule has 11 rings (SSSR count). The van der Waals surface area contributed by atoms with Crippen LogP contribution >= 0.6 is 0 Å². The number of pyridine rings is 1. The Bertz CT molecular complexity index is 2890. The molecule has 8 aromatic carbocycles. The number of halogens is 2. The molecule has 1 aromatic heterocycles. The van der Waals surface area contributed by atoms with Crippen LogP contribution in [0.5, 0.6) is 0 Å². The molecule has 0 atom stereocenters. The van der Waals surface area contributed by atoms with Gasteiger partial charge in [0.15, 0.2) is 0 Å². The molecular formula is C48H27F2N. The Morgan fingerprint density at radius 3 is 1.69 bits per heavy atom. The maximum absolute atomic E-state index is 15.6. The van der Waals surface area contributed by atoms with Crippen LogP contribution in [0, 0.1) is 18.6 Å². The summed E-state index contributed by atoms with van der Waals surface area (Å²) in [7, 11) is 0. The van der Waals surface area contributed by atoms with Crippen LogP contribution < -0.4 is 0 Å². The molecule has 0 saturated carbocycles. The molecular weight excluding hydrogens is 629 g/mol. The first kappa shape index (κ1) is 28.4. The van der Waals surface area contributed by atoms with Crippen LogP contribution in [0.2, 0.25) is 0 Å². The summed E-state index contributed by atoms with van der Waals surface area (Å²) in [5.74, 6) is -1.13. The van der Waals surface area contributed by atoms with Gasteiger partial charge in [-0.3, -0.25) is 4.98 Å². The van der Waals surface area contributed by atoms with Crippen molar-refractivity contribution >= 4 is 32.4 Å². The van der Waals surface area contributed by atoms with Crippen LogP contribution in [-0.4, -0.2) is 4.98 Å². The van der Waals surface area contributed by atoms with Gasteiger partial charge in [0.05, 0.1) is 5.52 Å². The highest BCUT2D eigenvalue weighted by Gasteiger charge is 2.32. The van der Waals surface area contributed by atoms with Gasteiger partial charge < -0.3 is 0 Å². The minimum Gasteiger partial charge on any atom is -0.253 e. The Hall–Kier alpha value is -6.45. The van der Waals surface area contributed by atoms with Crippen molar-refractivity contribution in [2.24, 2.45) is 0 Å². The van der Waals surface area contributed by atoms with E-state index in [1.54, 1.807) is 0 Å². The van der Waals surface area contributed by atoms with Gasteiger partial charge in [0, 0.05) is 22.7 Å². The van der Waals surface area contributed by atoms with Gasteiger partial charge >= 0.3 is 0 Å². The number of rotatable bonds is 3. The first-order valence-electron chi connectivity index (χ1n) is 17.3. The van der Waals surface area contributed by atoms with Crippen molar-refractivity contribution in [2.75, 3.05) is 0 Å². The Morgan fingerprint density at radius 1 is 0.392 bits per heavy atom. The molecule has 2 aliphatic carbocycles. The molecule has 0 N–H and O–H groups in total. The fraction of sp³-hybridized carbons (Fsp3) is 0.0208. The predicted molar refractivity (Wildman–Crippen MR) is 207 cm³/mol. The number of aryl methyl sites for hydroxylation is 1. The van der Waals surface area contributed by atoms with Gasteiger partial charge in [-0.1, -0.05) is 115 Å². The fourth-order valence-electron chi connectivity index (χ4n) is 8.99. The van der Waals surface area contributed by atoms with Crippen LogP contribution in [0.15, 0.2) is 146 Å². The average molecular weight is 656 g/mol. The van der Waals surface area contributed by atoms with Crippen LogP contribution in [0.3, 0.4) is 0 Å². The van der Waals surface area contributed by atoms with Crippen molar-refractivity contribution in [1.82, 2.24) is 4.98 Å². The van der Waals surface area contributed by atoms with Gasteiger partial charge in [-0.05, 0) is 125 Å². The molecule has 0 fully saturated rings. The monoisotopic (exact) mass is 655 g/mol. The van der Waals surface area contributed by atoms with E-state index in [1.807, 2.05) is 13.0 Å². The number of aromatic nitrogens is 1. The molecule has 9 aromatic rings. The molecule has 1 nitrogen and oxygen atoms in total. The standard InChI is InChI=1S/C48H27F2N/c1-26-21-37-38-24-30(49)25-40(50)45(38)39-22-29(23-41(51-26)46(37)39)31-19-20-36-44-32(31)17-10-18-35(44)47-42(27-11-4-2-5-12-27)33-15-8-9-16-34(33)43(48(36)47)28-13-6-3-7-14-28/h2-25H,1H3. The van der Waals surface area contributed by atoms with E-state index in [9.17, 15) is 4.39 Å². The van der Waals surface area contributed by atoms with Crippen LogP contribution in [0.25, 0.3) is 110 Å². The van der Waals surface area contributed by atoms with E-state index in [1.165, 1.54) is 66.7 Å². The SMILES string of the molecule is Cc1cc2c3c(cc(-c4ccc5c6c(cccc46)-c4c-5c(-c5ccccc5)c5ccccc5c4-c4ccccc4)cc3n1)-c1c(F)cc(F)cc1-2. The lowest BCUT2D eigenvalue weighted by molar-refractivity contribution is 0.587. The van der Waals surface area contributed by atoms with E-state index in [4.69, 9.17) is 4.98 Å². The Morgan fingerprint density at radius 2 is 1.00 bits per heavy atom. The first-order valence-corrected chi connectivity index (χ1v) is 17.3. The fourth-order valence-corrected chi connectivity index (χ4v) is 8.99. The highest BCUT2D eigenvalue weighted by Crippen LogP contribution is 2.59. The highest BCUT2D eigenvalue weighted by atomic mass is 19.1. The Labute approximate surface area is 293 Å². The molecule has 0 radical (unpaired) electrons. The summed E-state index contributed by atoms with van der Waals surface area (Å²) in [5, 5.41) is 5.64. The number of benzene rings is 8. The van der Waals surface area contributed by atoms with Crippen LogP contribution in [0.1, 0.15) is 5.69 Å². The molecule has 2 aliphatic rings. The third kappa shape index (κ3) is 3.86. The van der Waals surface area contributed by atoms with E-state index in [0.717, 1.165) is 50.3 Å². The van der Waals surface area contributed by atoms with Gasteiger partial charge in [-0.25, -0.2) is 8.78 Å². The van der Waals surface area contributed by atoms with E-state index < -0.39 is 11.6 Å². The number of hydrogen-bond acceptors (Lipinski definition) is 1. The summed E-state index contributed by atoms with van der Waals surface area (Å²) in [6.45, 7) is 1.94. The second kappa shape index (κ2) is 10.3. The zero-order valence-electron chi connectivity index (χ0n) is 27.6. The molecule has 3 heteroatoms. The number of hydrogen-bond donors (Lipinski definition) is 0. The van der Waals surface area contributed by atoms with Crippen molar-refractivity contribution in [3.63, 3.8) is 0 Å². The summed E-state index contributed by atoms with van der Waals surface area (Å²) in [6, 6.07) is 49.9. The maximum Gasteiger partial charge on any atom is 0.134 e. The van der Waals surface area contributed by atoms with E-state index in [-0.39, 0.29) is 0 Å². The minimum atomic E-state index is -0.577. The minimum absolute atomic E-state index is 0.440. The summed E-state index contributed by atoms with van der Waals surface area (Å²) < 4.78 is 30.2. The van der Waals surface area contributed by atoms with Gasteiger partial charge in [-0.15, -0.1) is 0 Å². The molecule has 0 aliphatic heterocycles. The van der Waals surface area contributed by atoms with Gasteiger partial charge in [0.1, 0.15) is 11.6 Å². The molecule has 51 heavy (non-hydrogen) atoms. The smallest absolute Gasteiger partial charge is 0.134 e. The molecule has 0 bridgehead atoms. The lowest BCUT2D eigenvalue weighted by atomic mass is 9.82. The molecule has 238 valence electrons. The van der Waals surface area contributed by atoms with Crippen LogP contribution in [0.4, 0.5) is 8.78 Å². The van der Waals surface area contributed by atoms with Crippen molar-refractivity contribution in [3.05, 3.63) is 163 Å². The average Bonchev–Trinajstić information content (AvgIpc) is 3.65. The van der Waals surface area contributed by atoms with E-state index in [2.05, 4.69) is 127 Å². The first-order chi connectivity index (χ1) is 25.0. The summed E-state index contributed by atoms with van der Waals surface area (Å²) in [4.78, 5) is 4.92. The van der Waals surface area contributed by atoms with Crippen molar-refractivity contribution in [2.45, 2.75) is 6.92 Å². The van der Waals surface area contributed by atoms with Gasteiger partial charge in [0.2, 0.25) is 0 Å². The second-order valence-electron chi connectivity index (χ2n) is 13.7. The zero-order valence-corrected chi connectivity index (χ0v) is 27.6. The topological polar surface area (TPSA) is 12.9 Å². The summed E-state index contributed by atoms with van der Waals surface area (Å²) >= 11 is 0. The maximum atomic E-state index is 15.6. The van der Waals surface area contributed by atoms with Gasteiger partial charge in [-0.2, -0.15) is 0 Å². The lowest BCUT2D eigenvalue weighted by Crippen LogP contribution is -1.93. The zero-order chi connectivity index (χ0) is 34.0. The normalized spacial score (nSPS) is 12.2. The van der Waals surface area contributed by atoms with Crippen LogP contribution in [-0.2, 0) is 0 Å². The molecule has 1 heterocycles. The highest BCUT2D eigenvalue weighted by molar-refractivity contribution is 6.29. The van der Waals surface area contributed by atoms with Crippen molar-refractivity contribution in [1.29, 1.82) is 0 Å². The third-order valence-electron chi connectivity index (χ3n) is 10.9. The summed E-state index contributed by atoms with van der Waals surface area (Å²) in [5.41, 5.74) is 15.9. The third-order valence-corrected chi connectivity index (χ3v) is 10.9. The number of fused-ring (bicyclic) bond motifs is 7. The predicted octanol–water partition coefficient (Wildman–Crippen LogP) is 13.4. The largest absolute Gasteiger partial charge is 0.253 e. The second-order valence-corrected chi connectivity index (χ2v) is 13.7. The van der Waals surface area contributed by atoms with Crippen molar-refractivity contribution in [3.8, 4) is 77.9 Å². The molecule has 0 spiro atoms. The van der Waals surface area contributed by atoms with Crippen molar-refractivity contribution < 1.29 is 8.78 Å². The molecule has 0 unspecified atom stereocenters. The molecule has 0 saturated heterocycles. The lowest BCUT2D eigenvalue weighted by Gasteiger charge is -2.20. The Balaban J connectivity index is 1.25. The quantitative estimate of drug-likeness (QED) is 0.185. The molecule has 0 amide bonds. The van der Waals surface area contributed by atoms with E-state index in [0.29, 0.717) is 11.1 Å². The summed E-state index contributed by atoms with van der Waals surface area (Å²) in [6.07, 6.45) is 0. The number of nitrogens with zero attached hydrogens (tertiary/aromatic N) is 1.